The topological polar surface area (TPSA) is 46.9 Å². The molecule has 1 amide bonds. The summed E-state index contributed by atoms with van der Waals surface area (Å²) in [5, 5.41) is 3.03. The standard InChI is InChI=1S/C22H25N3O/c1-3-25-14-13-23-21(25)16-24-22(26)15-20(18-10-5-4-6-11-18)19-12-8-7-9-17(19)2/h4-14,20H,3,15-16H2,1-2H3,(H,24,26)/t20-/m0/s1. The van der Waals surface area contributed by atoms with E-state index >= 15 is 0 Å². The molecule has 3 rings (SSSR count). The lowest BCUT2D eigenvalue weighted by Gasteiger charge is -2.20. The van der Waals surface area contributed by atoms with Crippen LogP contribution in [0.3, 0.4) is 0 Å². The van der Waals surface area contributed by atoms with Gasteiger partial charge in [0.25, 0.3) is 0 Å². The molecule has 0 radical (unpaired) electrons. The van der Waals surface area contributed by atoms with Crippen LogP contribution < -0.4 is 5.32 Å². The van der Waals surface area contributed by atoms with Crippen molar-refractivity contribution in [1.82, 2.24) is 14.9 Å². The predicted octanol–water partition coefficient (Wildman–Crippen LogP) is 4.05. The number of hydrogen-bond acceptors (Lipinski definition) is 2. The number of imidazole rings is 1. The highest BCUT2D eigenvalue weighted by molar-refractivity contribution is 5.77. The molecule has 1 heterocycles. The number of carbonyl (C=O) groups is 1. The quantitative estimate of drug-likeness (QED) is 0.701. The third-order valence-electron chi connectivity index (χ3n) is 4.74. The fourth-order valence-corrected chi connectivity index (χ4v) is 3.30. The van der Waals surface area contributed by atoms with Crippen LogP contribution in [0.2, 0.25) is 0 Å². The average molecular weight is 347 g/mol. The lowest BCUT2D eigenvalue weighted by Crippen LogP contribution is -2.26. The van der Waals surface area contributed by atoms with Gasteiger partial charge in [-0.3, -0.25) is 4.79 Å². The summed E-state index contributed by atoms with van der Waals surface area (Å²) < 4.78 is 2.04. The Morgan fingerprint density at radius 3 is 2.58 bits per heavy atom. The number of aromatic nitrogens is 2. The van der Waals surface area contributed by atoms with Crippen molar-refractivity contribution in [3.05, 3.63) is 89.5 Å². The lowest BCUT2D eigenvalue weighted by molar-refractivity contribution is -0.121. The average Bonchev–Trinajstić information content (AvgIpc) is 3.13. The van der Waals surface area contributed by atoms with Gasteiger partial charge in [0, 0.05) is 31.3 Å². The van der Waals surface area contributed by atoms with Crippen LogP contribution in [0.15, 0.2) is 67.0 Å². The fourth-order valence-electron chi connectivity index (χ4n) is 3.30. The van der Waals surface area contributed by atoms with E-state index in [1.165, 1.54) is 11.1 Å². The molecule has 0 aliphatic heterocycles. The van der Waals surface area contributed by atoms with Gasteiger partial charge in [0.05, 0.1) is 6.54 Å². The van der Waals surface area contributed by atoms with Crippen LogP contribution in [0.4, 0.5) is 0 Å². The smallest absolute Gasteiger partial charge is 0.221 e. The monoisotopic (exact) mass is 347 g/mol. The Morgan fingerprint density at radius 1 is 1.12 bits per heavy atom. The van der Waals surface area contributed by atoms with Crippen molar-refractivity contribution in [3.63, 3.8) is 0 Å². The number of carbonyl (C=O) groups excluding carboxylic acids is 1. The maximum absolute atomic E-state index is 12.7. The number of hydrogen-bond donors (Lipinski definition) is 1. The molecule has 3 aromatic rings. The minimum absolute atomic E-state index is 0.0350. The van der Waals surface area contributed by atoms with E-state index in [0.717, 1.165) is 17.9 Å². The van der Waals surface area contributed by atoms with Gasteiger partial charge in [0.15, 0.2) is 0 Å². The van der Waals surface area contributed by atoms with Gasteiger partial charge in [-0.2, -0.15) is 0 Å². The van der Waals surface area contributed by atoms with Crippen molar-refractivity contribution in [1.29, 1.82) is 0 Å². The Bertz CT molecular complexity index is 855. The summed E-state index contributed by atoms with van der Waals surface area (Å²) >= 11 is 0. The number of benzene rings is 2. The summed E-state index contributed by atoms with van der Waals surface area (Å²) in [4.78, 5) is 17.0. The molecular weight excluding hydrogens is 322 g/mol. The molecule has 0 unspecified atom stereocenters. The third-order valence-corrected chi connectivity index (χ3v) is 4.74. The maximum Gasteiger partial charge on any atom is 0.221 e. The first-order chi connectivity index (χ1) is 12.7. The zero-order chi connectivity index (χ0) is 18.4. The molecule has 0 fully saturated rings. The van der Waals surface area contributed by atoms with Crippen molar-refractivity contribution in [2.75, 3.05) is 0 Å². The Labute approximate surface area is 154 Å². The largest absolute Gasteiger partial charge is 0.349 e. The van der Waals surface area contributed by atoms with Gasteiger partial charge >= 0.3 is 0 Å². The summed E-state index contributed by atoms with van der Waals surface area (Å²) in [5.74, 6) is 0.962. The van der Waals surface area contributed by atoms with Gasteiger partial charge in [0.2, 0.25) is 5.91 Å². The Hall–Kier alpha value is -2.88. The maximum atomic E-state index is 12.7. The van der Waals surface area contributed by atoms with Crippen LogP contribution >= 0.6 is 0 Å². The number of amides is 1. The van der Waals surface area contributed by atoms with Crippen molar-refractivity contribution >= 4 is 5.91 Å². The number of nitrogens with zero attached hydrogens (tertiary/aromatic N) is 2. The summed E-state index contributed by atoms with van der Waals surface area (Å²) in [7, 11) is 0. The van der Waals surface area contributed by atoms with E-state index in [-0.39, 0.29) is 11.8 Å². The van der Waals surface area contributed by atoms with Crippen molar-refractivity contribution in [3.8, 4) is 0 Å². The molecule has 0 saturated carbocycles. The molecule has 4 nitrogen and oxygen atoms in total. The van der Waals surface area contributed by atoms with Crippen LogP contribution in [-0.2, 0) is 17.9 Å². The molecule has 0 spiro atoms. The van der Waals surface area contributed by atoms with E-state index in [2.05, 4.69) is 48.4 Å². The molecule has 0 saturated heterocycles. The molecule has 26 heavy (non-hydrogen) atoms. The first-order valence-electron chi connectivity index (χ1n) is 9.06. The summed E-state index contributed by atoms with van der Waals surface area (Å²) in [6.45, 7) is 5.47. The number of rotatable bonds is 7. The molecule has 0 bridgehead atoms. The van der Waals surface area contributed by atoms with E-state index in [1.807, 2.05) is 41.1 Å². The Morgan fingerprint density at radius 2 is 1.85 bits per heavy atom. The molecule has 0 aliphatic rings. The van der Waals surface area contributed by atoms with Gasteiger partial charge in [-0.05, 0) is 30.5 Å². The van der Waals surface area contributed by atoms with Crippen molar-refractivity contribution in [2.24, 2.45) is 0 Å². The second-order valence-corrected chi connectivity index (χ2v) is 6.43. The van der Waals surface area contributed by atoms with E-state index in [1.54, 1.807) is 6.20 Å². The zero-order valence-electron chi connectivity index (χ0n) is 15.4. The summed E-state index contributed by atoms with van der Waals surface area (Å²) in [5.41, 5.74) is 3.56. The zero-order valence-corrected chi connectivity index (χ0v) is 15.4. The van der Waals surface area contributed by atoms with Crippen LogP contribution in [0, 0.1) is 6.92 Å². The van der Waals surface area contributed by atoms with E-state index in [0.29, 0.717) is 13.0 Å². The highest BCUT2D eigenvalue weighted by Crippen LogP contribution is 2.30. The minimum Gasteiger partial charge on any atom is -0.349 e. The van der Waals surface area contributed by atoms with E-state index in [4.69, 9.17) is 0 Å². The normalized spacial score (nSPS) is 11.9. The fraction of sp³-hybridized carbons (Fsp3) is 0.273. The van der Waals surface area contributed by atoms with Gasteiger partial charge in [0.1, 0.15) is 5.82 Å². The highest BCUT2D eigenvalue weighted by Gasteiger charge is 2.19. The van der Waals surface area contributed by atoms with Crippen LogP contribution in [0.25, 0.3) is 0 Å². The van der Waals surface area contributed by atoms with Crippen LogP contribution in [-0.4, -0.2) is 15.5 Å². The van der Waals surface area contributed by atoms with E-state index < -0.39 is 0 Å². The Kier molecular flexibility index (Phi) is 5.84. The molecule has 4 heteroatoms. The molecule has 0 aliphatic carbocycles. The number of aryl methyl sites for hydroxylation is 2. The SMILES string of the molecule is CCn1ccnc1CNC(=O)C[C@@H](c1ccccc1)c1ccccc1C. The van der Waals surface area contributed by atoms with Gasteiger partial charge in [-0.15, -0.1) is 0 Å². The molecule has 2 aromatic carbocycles. The molecule has 1 atom stereocenters. The van der Waals surface area contributed by atoms with Gasteiger partial charge in [-0.25, -0.2) is 4.98 Å². The predicted molar refractivity (Wildman–Crippen MR) is 104 cm³/mol. The first-order valence-corrected chi connectivity index (χ1v) is 9.06. The van der Waals surface area contributed by atoms with Crippen molar-refractivity contribution in [2.45, 2.75) is 39.3 Å². The minimum atomic E-state index is 0.0350. The van der Waals surface area contributed by atoms with Crippen LogP contribution in [0.1, 0.15) is 41.8 Å². The lowest BCUT2D eigenvalue weighted by atomic mass is 9.86. The van der Waals surface area contributed by atoms with Gasteiger partial charge in [-0.1, -0.05) is 54.6 Å². The second-order valence-electron chi connectivity index (χ2n) is 6.43. The molecule has 134 valence electrons. The summed E-state index contributed by atoms with van der Waals surface area (Å²) in [6, 6.07) is 18.5. The molecular formula is C22H25N3O. The third kappa shape index (κ3) is 4.20. The van der Waals surface area contributed by atoms with E-state index in [9.17, 15) is 4.79 Å². The Balaban J connectivity index is 1.76. The van der Waals surface area contributed by atoms with Crippen LogP contribution in [0.5, 0.6) is 0 Å². The van der Waals surface area contributed by atoms with Crippen molar-refractivity contribution < 1.29 is 4.79 Å². The molecule has 1 aromatic heterocycles. The van der Waals surface area contributed by atoms with Gasteiger partial charge < -0.3 is 9.88 Å². The second kappa shape index (κ2) is 8.48. The molecule has 1 N–H and O–H groups in total. The number of nitrogens with one attached hydrogen (secondary N) is 1. The summed E-state index contributed by atoms with van der Waals surface area (Å²) in [6.07, 6.45) is 4.12. The first kappa shape index (κ1) is 17.9. The highest BCUT2D eigenvalue weighted by atomic mass is 16.1.